The van der Waals surface area contributed by atoms with Crippen molar-refractivity contribution in [3.63, 3.8) is 0 Å². The summed E-state index contributed by atoms with van der Waals surface area (Å²) in [4.78, 5) is 0. The van der Waals surface area contributed by atoms with E-state index in [0.29, 0.717) is 0 Å². The van der Waals surface area contributed by atoms with E-state index in [1.807, 2.05) is 26.0 Å². The number of allylic oxidation sites excluding steroid dienone is 4. The largest absolute Gasteiger partial charge is 0.464 e. The van der Waals surface area contributed by atoms with Gasteiger partial charge in [0, 0.05) is 5.56 Å². The Morgan fingerprint density at radius 2 is 1.53 bits per heavy atom. The summed E-state index contributed by atoms with van der Waals surface area (Å²) in [6.07, 6.45) is 10.7. The zero-order chi connectivity index (χ0) is 22.0. The number of hydrogen-bond acceptors (Lipinski definition) is 1. The second-order valence-corrected chi connectivity index (χ2v) is 8.06. The Hall–Kier alpha value is -3.58. The second kappa shape index (κ2) is 8.51. The van der Waals surface area contributed by atoms with Crippen molar-refractivity contribution < 1.29 is 4.42 Å². The van der Waals surface area contributed by atoms with Crippen LogP contribution in [0.25, 0.3) is 22.5 Å². The van der Waals surface area contributed by atoms with Crippen LogP contribution < -0.4 is 0 Å². The van der Waals surface area contributed by atoms with E-state index < -0.39 is 0 Å². The van der Waals surface area contributed by atoms with Crippen molar-refractivity contribution in [3.8, 4) is 22.5 Å². The van der Waals surface area contributed by atoms with E-state index in [4.69, 9.17) is 4.42 Å². The highest BCUT2D eigenvalue weighted by Gasteiger charge is 2.47. The van der Waals surface area contributed by atoms with E-state index in [1.54, 1.807) is 6.26 Å². The number of rotatable bonds is 3. The first-order chi connectivity index (χ1) is 15.9. The average Bonchev–Trinajstić information content (AvgIpc) is 3.52. The molecule has 0 radical (unpaired) electrons. The molecule has 2 aliphatic carbocycles. The Morgan fingerprint density at radius 3 is 2.28 bits per heavy atom. The van der Waals surface area contributed by atoms with Gasteiger partial charge < -0.3 is 4.42 Å². The maximum absolute atomic E-state index is 5.70. The van der Waals surface area contributed by atoms with Crippen LogP contribution in [0.2, 0.25) is 0 Å². The highest BCUT2D eigenvalue weighted by atomic mass is 16.3. The van der Waals surface area contributed by atoms with E-state index in [9.17, 15) is 0 Å². The topological polar surface area (TPSA) is 13.1 Å². The third-order valence-corrected chi connectivity index (χ3v) is 6.55. The molecule has 32 heavy (non-hydrogen) atoms. The van der Waals surface area contributed by atoms with Crippen LogP contribution in [-0.2, 0) is 5.41 Å². The molecular formula is C31H28O. The van der Waals surface area contributed by atoms with Gasteiger partial charge in [-0.2, -0.15) is 0 Å². The second-order valence-electron chi connectivity index (χ2n) is 8.06. The minimum atomic E-state index is -0.250. The molecule has 1 heteroatoms. The van der Waals surface area contributed by atoms with Crippen molar-refractivity contribution in [1.82, 2.24) is 0 Å². The summed E-state index contributed by atoms with van der Waals surface area (Å²) in [6, 6.07) is 30.7. The van der Waals surface area contributed by atoms with Crippen LogP contribution in [0.3, 0.4) is 0 Å². The number of hydrogen-bond donors (Lipinski definition) is 0. The van der Waals surface area contributed by atoms with Gasteiger partial charge in [-0.25, -0.2) is 0 Å². The average molecular weight is 417 g/mol. The fourth-order valence-corrected chi connectivity index (χ4v) is 5.33. The van der Waals surface area contributed by atoms with E-state index in [0.717, 1.165) is 24.2 Å². The summed E-state index contributed by atoms with van der Waals surface area (Å²) < 4.78 is 5.70. The van der Waals surface area contributed by atoms with Gasteiger partial charge in [0.15, 0.2) is 0 Å². The Balaban J connectivity index is 0.00000105. The quantitative estimate of drug-likeness (QED) is 0.326. The molecule has 0 spiro atoms. The fraction of sp³-hybridized carbons (Fsp3) is 0.161. The lowest BCUT2D eigenvalue weighted by atomic mass is 9.65. The van der Waals surface area contributed by atoms with Crippen LogP contribution in [0.4, 0.5) is 0 Å². The highest BCUT2D eigenvalue weighted by Crippen LogP contribution is 2.57. The van der Waals surface area contributed by atoms with Crippen LogP contribution in [-0.4, -0.2) is 0 Å². The minimum Gasteiger partial charge on any atom is -0.464 e. The molecule has 3 aromatic carbocycles. The molecule has 0 N–H and O–H groups in total. The lowest BCUT2D eigenvalue weighted by molar-refractivity contribution is 0.582. The summed E-state index contributed by atoms with van der Waals surface area (Å²) in [7, 11) is 0. The molecule has 0 amide bonds. The fourth-order valence-electron chi connectivity index (χ4n) is 5.33. The molecule has 4 aromatic rings. The molecule has 0 aliphatic heterocycles. The molecule has 1 atom stereocenters. The maximum Gasteiger partial charge on any atom is 0.133 e. The molecule has 158 valence electrons. The van der Waals surface area contributed by atoms with Crippen LogP contribution in [0.5, 0.6) is 0 Å². The molecule has 0 bridgehead atoms. The summed E-state index contributed by atoms with van der Waals surface area (Å²) in [6.45, 7) is 4.00. The van der Waals surface area contributed by atoms with Crippen molar-refractivity contribution in [1.29, 1.82) is 0 Å². The zero-order valence-corrected chi connectivity index (χ0v) is 18.7. The molecule has 6 rings (SSSR count). The van der Waals surface area contributed by atoms with Crippen molar-refractivity contribution in [2.45, 2.75) is 32.1 Å². The van der Waals surface area contributed by atoms with Crippen LogP contribution in [0.1, 0.15) is 43.4 Å². The summed E-state index contributed by atoms with van der Waals surface area (Å²) >= 11 is 0. The van der Waals surface area contributed by atoms with Gasteiger partial charge in [0.05, 0.1) is 11.7 Å². The van der Waals surface area contributed by atoms with Gasteiger partial charge >= 0.3 is 0 Å². The molecule has 1 aromatic heterocycles. The molecular weight excluding hydrogens is 388 g/mol. The molecule has 0 saturated heterocycles. The predicted octanol–water partition coefficient (Wildman–Crippen LogP) is 8.56. The standard InChI is InChI=1S/C29H22O.C2H6/c1-3-10-22(11-4-1)29(23-12-5-2-6-13-23)26-15-8-7-14-24(26)25-20-21(17-18-27(25)29)28-16-9-19-30-28;1-2/h1-5,7-12,14-20H,6,13H2;1-2H3. The van der Waals surface area contributed by atoms with Gasteiger partial charge in [-0.3, -0.25) is 0 Å². The van der Waals surface area contributed by atoms with Gasteiger partial charge in [-0.15, -0.1) is 0 Å². The monoisotopic (exact) mass is 416 g/mol. The minimum absolute atomic E-state index is 0.250. The van der Waals surface area contributed by atoms with Crippen LogP contribution in [0, 0.1) is 0 Å². The Morgan fingerprint density at radius 1 is 0.750 bits per heavy atom. The lowest BCUT2D eigenvalue weighted by Crippen LogP contribution is -2.30. The van der Waals surface area contributed by atoms with E-state index in [1.165, 1.54) is 33.4 Å². The van der Waals surface area contributed by atoms with Crippen molar-refractivity contribution >= 4 is 0 Å². The van der Waals surface area contributed by atoms with Gasteiger partial charge in [0.2, 0.25) is 0 Å². The molecule has 1 heterocycles. The van der Waals surface area contributed by atoms with Crippen molar-refractivity contribution in [2.24, 2.45) is 0 Å². The first kappa shape index (κ1) is 20.3. The predicted molar refractivity (Wildman–Crippen MR) is 134 cm³/mol. The SMILES string of the molecule is C1=CCCC(C2(c3ccccc3)c3ccccc3-c3cc(-c4ccco4)ccc32)=C1.CC. The normalized spacial score (nSPS) is 18.2. The van der Waals surface area contributed by atoms with Gasteiger partial charge in [0.25, 0.3) is 0 Å². The molecule has 1 nitrogen and oxygen atoms in total. The highest BCUT2D eigenvalue weighted by molar-refractivity contribution is 5.88. The first-order valence-corrected chi connectivity index (χ1v) is 11.6. The Bertz CT molecular complexity index is 1280. The summed E-state index contributed by atoms with van der Waals surface area (Å²) in [5.41, 5.74) is 9.04. The molecule has 1 unspecified atom stereocenters. The maximum atomic E-state index is 5.70. The van der Waals surface area contributed by atoms with Gasteiger partial charge in [0.1, 0.15) is 5.76 Å². The van der Waals surface area contributed by atoms with Crippen molar-refractivity contribution in [3.05, 3.63) is 132 Å². The third-order valence-electron chi connectivity index (χ3n) is 6.55. The summed E-state index contributed by atoms with van der Waals surface area (Å²) in [5.74, 6) is 0.910. The number of benzene rings is 3. The molecule has 0 fully saturated rings. The van der Waals surface area contributed by atoms with E-state index >= 15 is 0 Å². The molecule has 0 saturated carbocycles. The number of furan rings is 1. The first-order valence-electron chi connectivity index (χ1n) is 11.6. The van der Waals surface area contributed by atoms with Crippen LogP contribution in [0.15, 0.2) is 119 Å². The zero-order valence-electron chi connectivity index (χ0n) is 18.7. The third kappa shape index (κ3) is 3.00. The summed E-state index contributed by atoms with van der Waals surface area (Å²) in [5, 5.41) is 0. The van der Waals surface area contributed by atoms with Gasteiger partial charge in [-0.05, 0) is 58.9 Å². The van der Waals surface area contributed by atoms with Crippen LogP contribution >= 0.6 is 0 Å². The smallest absolute Gasteiger partial charge is 0.133 e. The number of fused-ring (bicyclic) bond motifs is 3. The van der Waals surface area contributed by atoms with E-state index in [2.05, 4.69) is 91.0 Å². The van der Waals surface area contributed by atoms with Gasteiger partial charge in [-0.1, -0.05) is 104 Å². The molecule has 2 aliphatic rings. The lowest BCUT2D eigenvalue weighted by Gasteiger charge is -2.36. The Labute approximate surface area is 190 Å². The Kier molecular flexibility index (Phi) is 5.41. The van der Waals surface area contributed by atoms with E-state index in [-0.39, 0.29) is 5.41 Å². The van der Waals surface area contributed by atoms with Crippen molar-refractivity contribution in [2.75, 3.05) is 0 Å².